The molecule has 0 N–H and O–H groups in total. The second-order valence-electron chi connectivity index (χ2n) is 6.11. The molecule has 2 aromatic rings. The molecule has 1 fully saturated rings. The lowest BCUT2D eigenvalue weighted by Crippen LogP contribution is -2.20. The summed E-state index contributed by atoms with van der Waals surface area (Å²) in [5, 5.41) is 4.15. The lowest BCUT2D eigenvalue weighted by atomic mass is 9.95. The van der Waals surface area contributed by atoms with Crippen molar-refractivity contribution in [1.82, 2.24) is 15.1 Å². The Hall–Kier alpha value is -1.91. The first kappa shape index (κ1) is 14.0. The van der Waals surface area contributed by atoms with Gasteiger partial charge in [-0.15, -0.1) is 0 Å². The highest BCUT2D eigenvalue weighted by atomic mass is 16.5. The highest BCUT2D eigenvalue weighted by molar-refractivity contribution is 5.57. The quantitative estimate of drug-likeness (QED) is 0.861. The van der Waals surface area contributed by atoms with E-state index in [9.17, 15) is 0 Å². The zero-order chi connectivity index (χ0) is 14.8. The van der Waals surface area contributed by atoms with Gasteiger partial charge in [-0.3, -0.25) is 0 Å². The topological polar surface area (TPSA) is 55.1 Å². The van der Waals surface area contributed by atoms with Crippen LogP contribution < -0.4 is 4.90 Å². The lowest BCUT2D eigenvalue weighted by Gasteiger charge is -2.14. The number of rotatable bonds is 4. The normalized spacial score (nSPS) is 16.7. The van der Waals surface area contributed by atoms with Gasteiger partial charge in [-0.1, -0.05) is 25.9 Å². The van der Waals surface area contributed by atoms with E-state index >= 15 is 0 Å². The number of nitrogens with zero attached hydrogens (tertiary/aromatic N) is 4. The van der Waals surface area contributed by atoms with Gasteiger partial charge in [0.05, 0.1) is 0 Å². The Labute approximate surface area is 125 Å². The van der Waals surface area contributed by atoms with Gasteiger partial charge in [0.25, 0.3) is 0 Å². The van der Waals surface area contributed by atoms with E-state index in [2.05, 4.69) is 40.8 Å². The van der Waals surface area contributed by atoms with E-state index in [-0.39, 0.29) is 0 Å². The number of hydrogen-bond donors (Lipinski definition) is 0. The molecule has 5 nitrogen and oxygen atoms in total. The molecule has 0 amide bonds. The second kappa shape index (κ2) is 5.84. The molecule has 1 aliphatic heterocycles. The van der Waals surface area contributed by atoms with Gasteiger partial charge in [0, 0.05) is 43.0 Å². The Morgan fingerprint density at radius 3 is 2.38 bits per heavy atom. The standard InChI is InChI=1S/C16H22N4O/c1-11(2)12(3)15-8-14(19-21-15)13-9-17-16(18-10-13)20-6-4-5-7-20/h8-12H,4-7H2,1-3H3. The second-order valence-corrected chi connectivity index (χ2v) is 6.11. The van der Waals surface area contributed by atoms with Crippen LogP contribution in [0.25, 0.3) is 11.3 Å². The van der Waals surface area contributed by atoms with E-state index in [1.54, 1.807) is 0 Å². The van der Waals surface area contributed by atoms with Crippen LogP contribution in [0.2, 0.25) is 0 Å². The maximum absolute atomic E-state index is 5.46. The molecule has 1 saturated heterocycles. The van der Waals surface area contributed by atoms with Crippen LogP contribution in [0.5, 0.6) is 0 Å². The molecule has 0 aliphatic carbocycles. The van der Waals surface area contributed by atoms with Gasteiger partial charge in [-0.05, 0) is 18.8 Å². The van der Waals surface area contributed by atoms with Crippen LogP contribution in [0.15, 0.2) is 23.0 Å². The van der Waals surface area contributed by atoms with Crippen molar-refractivity contribution >= 4 is 5.95 Å². The summed E-state index contributed by atoms with van der Waals surface area (Å²) in [7, 11) is 0. The molecule has 1 atom stereocenters. The summed E-state index contributed by atoms with van der Waals surface area (Å²) in [5.74, 6) is 2.62. The predicted octanol–water partition coefficient (Wildman–Crippen LogP) is 3.49. The summed E-state index contributed by atoms with van der Waals surface area (Å²) in [6.45, 7) is 8.63. The molecule has 0 radical (unpaired) electrons. The van der Waals surface area contributed by atoms with E-state index in [1.165, 1.54) is 12.8 Å². The van der Waals surface area contributed by atoms with Crippen LogP contribution in [0, 0.1) is 5.92 Å². The molecule has 1 aliphatic rings. The van der Waals surface area contributed by atoms with Gasteiger partial charge >= 0.3 is 0 Å². The van der Waals surface area contributed by atoms with Crippen LogP contribution in [0.4, 0.5) is 5.95 Å². The lowest BCUT2D eigenvalue weighted by molar-refractivity contribution is 0.340. The molecule has 21 heavy (non-hydrogen) atoms. The molecule has 0 saturated carbocycles. The van der Waals surface area contributed by atoms with Gasteiger partial charge in [0.2, 0.25) is 5.95 Å². The summed E-state index contributed by atoms with van der Waals surface area (Å²) in [6.07, 6.45) is 6.13. The minimum atomic E-state index is 0.357. The predicted molar refractivity (Wildman–Crippen MR) is 82.2 cm³/mol. The van der Waals surface area contributed by atoms with Crippen molar-refractivity contribution in [2.45, 2.75) is 39.5 Å². The first-order chi connectivity index (χ1) is 10.1. The Morgan fingerprint density at radius 1 is 1.10 bits per heavy atom. The SMILES string of the molecule is CC(C)C(C)c1cc(-c2cnc(N3CCCC3)nc2)no1. The molecule has 0 aromatic carbocycles. The maximum atomic E-state index is 5.46. The third-order valence-corrected chi connectivity index (χ3v) is 4.30. The minimum Gasteiger partial charge on any atom is -0.360 e. The first-order valence-electron chi connectivity index (χ1n) is 7.69. The third kappa shape index (κ3) is 2.91. The van der Waals surface area contributed by atoms with E-state index < -0.39 is 0 Å². The maximum Gasteiger partial charge on any atom is 0.225 e. The fourth-order valence-corrected chi connectivity index (χ4v) is 2.50. The van der Waals surface area contributed by atoms with Crippen molar-refractivity contribution in [3.05, 3.63) is 24.2 Å². The molecular formula is C16H22N4O. The molecule has 2 aromatic heterocycles. The van der Waals surface area contributed by atoms with E-state index in [1.807, 2.05) is 18.5 Å². The Kier molecular flexibility index (Phi) is 3.90. The molecule has 3 heterocycles. The van der Waals surface area contributed by atoms with E-state index in [4.69, 9.17) is 4.52 Å². The van der Waals surface area contributed by atoms with Gasteiger partial charge < -0.3 is 9.42 Å². The first-order valence-corrected chi connectivity index (χ1v) is 7.69. The highest BCUT2D eigenvalue weighted by Crippen LogP contribution is 2.27. The van der Waals surface area contributed by atoms with E-state index in [0.29, 0.717) is 11.8 Å². The molecular weight excluding hydrogens is 264 g/mol. The van der Waals surface area contributed by atoms with Gasteiger partial charge in [0.1, 0.15) is 11.5 Å². The summed E-state index contributed by atoms with van der Waals surface area (Å²) in [5.41, 5.74) is 1.72. The molecule has 112 valence electrons. The summed E-state index contributed by atoms with van der Waals surface area (Å²) in [6, 6.07) is 2.00. The molecule has 3 rings (SSSR count). The van der Waals surface area contributed by atoms with Crippen molar-refractivity contribution in [1.29, 1.82) is 0 Å². The average molecular weight is 286 g/mol. The Bertz CT molecular complexity index is 585. The van der Waals surface area contributed by atoms with Crippen molar-refractivity contribution in [3.8, 4) is 11.3 Å². The summed E-state index contributed by atoms with van der Waals surface area (Å²) >= 11 is 0. The molecule has 0 spiro atoms. The molecule has 0 bridgehead atoms. The zero-order valence-electron chi connectivity index (χ0n) is 12.9. The van der Waals surface area contributed by atoms with Gasteiger partial charge in [-0.2, -0.15) is 0 Å². The van der Waals surface area contributed by atoms with Crippen molar-refractivity contribution in [2.24, 2.45) is 5.92 Å². The van der Waals surface area contributed by atoms with E-state index in [0.717, 1.165) is 36.1 Å². The van der Waals surface area contributed by atoms with Crippen LogP contribution in [0.3, 0.4) is 0 Å². The zero-order valence-corrected chi connectivity index (χ0v) is 12.9. The number of hydrogen-bond acceptors (Lipinski definition) is 5. The monoisotopic (exact) mass is 286 g/mol. The third-order valence-electron chi connectivity index (χ3n) is 4.30. The smallest absolute Gasteiger partial charge is 0.225 e. The highest BCUT2D eigenvalue weighted by Gasteiger charge is 2.18. The van der Waals surface area contributed by atoms with Crippen LogP contribution >= 0.6 is 0 Å². The van der Waals surface area contributed by atoms with Crippen LogP contribution in [0.1, 0.15) is 45.3 Å². The van der Waals surface area contributed by atoms with Gasteiger partial charge in [-0.25, -0.2) is 9.97 Å². The average Bonchev–Trinajstić information content (AvgIpc) is 3.18. The van der Waals surface area contributed by atoms with Gasteiger partial charge in [0.15, 0.2) is 0 Å². The Morgan fingerprint density at radius 2 is 1.76 bits per heavy atom. The number of anilines is 1. The van der Waals surface area contributed by atoms with Crippen LogP contribution in [-0.2, 0) is 0 Å². The Balaban J connectivity index is 1.77. The van der Waals surface area contributed by atoms with Crippen molar-refractivity contribution in [2.75, 3.05) is 18.0 Å². The number of aromatic nitrogens is 3. The van der Waals surface area contributed by atoms with Crippen LogP contribution in [-0.4, -0.2) is 28.2 Å². The van der Waals surface area contributed by atoms with Crippen molar-refractivity contribution < 1.29 is 4.52 Å². The molecule has 5 heteroatoms. The fourth-order valence-electron chi connectivity index (χ4n) is 2.50. The molecule has 1 unspecified atom stereocenters. The summed E-state index contributed by atoms with van der Waals surface area (Å²) < 4.78 is 5.46. The fraction of sp³-hybridized carbons (Fsp3) is 0.562. The summed E-state index contributed by atoms with van der Waals surface area (Å²) in [4.78, 5) is 11.1. The van der Waals surface area contributed by atoms with Crippen molar-refractivity contribution in [3.63, 3.8) is 0 Å². The minimum absolute atomic E-state index is 0.357. The largest absolute Gasteiger partial charge is 0.360 e.